The number of carbonyl (C=O) groups is 1. The number of nitrogens with zero attached hydrogens (tertiary/aromatic N) is 2. The van der Waals surface area contributed by atoms with Gasteiger partial charge in [0.25, 0.3) is 0 Å². The molecule has 33 heavy (non-hydrogen) atoms. The maximum atomic E-state index is 10.6. The van der Waals surface area contributed by atoms with E-state index in [4.69, 9.17) is 26.5 Å². The monoisotopic (exact) mass is 501 g/mol. The lowest BCUT2D eigenvalue weighted by Crippen LogP contribution is -2.21. The fourth-order valence-corrected chi connectivity index (χ4v) is 3.86. The molecule has 1 unspecified atom stereocenters. The molecule has 0 bridgehead atoms. The molecule has 0 aliphatic heterocycles. The van der Waals surface area contributed by atoms with E-state index in [2.05, 4.69) is 54.8 Å². The van der Waals surface area contributed by atoms with Gasteiger partial charge in [-0.05, 0) is 37.1 Å². The zero-order valence-corrected chi connectivity index (χ0v) is 20.2. The van der Waals surface area contributed by atoms with Crippen LogP contribution in [0.1, 0.15) is 40.0 Å². The second-order valence-corrected chi connectivity index (χ2v) is 9.28. The summed E-state index contributed by atoms with van der Waals surface area (Å²) in [4.78, 5) is 15.0. The molecule has 3 aromatic rings. The van der Waals surface area contributed by atoms with E-state index in [1.807, 2.05) is 30.1 Å². The van der Waals surface area contributed by atoms with Gasteiger partial charge >= 0.3 is 12.1 Å². The number of halogens is 4. The second kappa shape index (κ2) is 12.2. The van der Waals surface area contributed by atoms with Crippen molar-refractivity contribution in [1.29, 1.82) is 0 Å². The number of benzene rings is 1. The number of hydrogen-bond donors (Lipinski definition) is 2. The molecule has 0 aliphatic carbocycles. The lowest BCUT2D eigenvalue weighted by Gasteiger charge is -2.10. The van der Waals surface area contributed by atoms with Gasteiger partial charge in [-0.2, -0.15) is 13.2 Å². The number of nitrogens with one attached hydrogen (secondary N) is 1. The Hall–Kier alpha value is -2.39. The molecular formula is C23H27ClF3N3O2S. The summed E-state index contributed by atoms with van der Waals surface area (Å²) in [5.74, 6) is -1.74. The first-order valence-corrected chi connectivity index (χ1v) is 11.8. The summed E-state index contributed by atoms with van der Waals surface area (Å²) in [5.41, 5.74) is 3.00. The summed E-state index contributed by atoms with van der Waals surface area (Å²) in [6.07, 6.45) is 0.291. The van der Waals surface area contributed by atoms with Gasteiger partial charge in [-0.3, -0.25) is 4.40 Å². The van der Waals surface area contributed by atoms with E-state index >= 15 is 0 Å². The molecule has 3 rings (SSSR count). The molecule has 180 valence electrons. The first-order chi connectivity index (χ1) is 15.6. The van der Waals surface area contributed by atoms with Crippen LogP contribution in [-0.4, -0.2) is 38.4 Å². The molecule has 2 aromatic heterocycles. The van der Waals surface area contributed by atoms with Gasteiger partial charge in [0.2, 0.25) is 0 Å². The number of aliphatic carboxylic acids is 1. The van der Waals surface area contributed by atoms with Gasteiger partial charge in [-0.15, -0.1) is 11.8 Å². The van der Waals surface area contributed by atoms with Gasteiger partial charge in [-0.1, -0.05) is 50.9 Å². The normalized spacial score (nSPS) is 12.2. The summed E-state index contributed by atoms with van der Waals surface area (Å²) in [7, 11) is 0. The Balaban J connectivity index is 0.000000479. The third kappa shape index (κ3) is 7.85. The van der Waals surface area contributed by atoms with Crippen LogP contribution < -0.4 is 5.32 Å². The zero-order valence-electron chi connectivity index (χ0n) is 18.6. The molecule has 0 radical (unpaired) electrons. The predicted molar refractivity (Wildman–Crippen MR) is 128 cm³/mol. The molecule has 0 aliphatic rings. The predicted octanol–water partition coefficient (Wildman–Crippen LogP) is 7.39. The number of alkyl halides is 3. The van der Waals surface area contributed by atoms with Gasteiger partial charge in [0.15, 0.2) is 0 Å². The first-order valence-electron chi connectivity index (χ1n) is 10.6. The van der Waals surface area contributed by atoms with Gasteiger partial charge in [0.1, 0.15) is 17.2 Å². The van der Waals surface area contributed by atoms with Gasteiger partial charge in [-0.25, -0.2) is 9.78 Å². The van der Waals surface area contributed by atoms with Crippen molar-refractivity contribution in [2.75, 3.05) is 11.9 Å². The van der Waals surface area contributed by atoms with Crippen molar-refractivity contribution in [1.82, 2.24) is 9.38 Å². The van der Waals surface area contributed by atoms with Crippen molar-refractivity contribution in [3.05, 3.63) is 47.6 Å². The molecule has 5 nitrogen and oxygen atoms in total. The molecule has 10 heteroatoms. The van der Waals surface area contributed by atoms with Gasteiger partial charge < -0.3 is 10.4 Å². The van der Waals surface area contributed by atoms with Crippen molar-refractivity contribution in [2.24, 2.45) is 0 Å². The lowest BCUT2D eigenvalue weighted by atomic mass is 10.1. The van der Waals surface area contributed by atoms with Crippen LogP contribution in [-0.2, 0) is 4.79 Å². The zero-order chi connectivity index (χ0) is 24.6. The third-order valence-electron chi connectivity index (χ3n) is 4.69. The van der Waals surface area contributed by atoms with Crippen LogP contribution in [0, 0.1) is 0 Å². The number of thioether (sulfide) groups is 1. The van der Waals surface area contributed by atoms with Gasteiger partial charge in [0.05, 0.1) is 5.02 Å². The first kappa shape index (κ1) is 26.9. The maximum absolute atomic E-state index is 10.6. The largest absolute Gasteiger partial charge is 0.490 e. The smallest absolute Gasteiger partial charge is 0.475 e. The summed E-state index contributed by atoms with van der Waals surface area (Å²) >= 11 is 8.13. The highest BCUT2D eigenvalue weighted by Crippen LogP contribution is 2.32. The van der Waals surface area contributed by atoms with E-state index in [9.17, 15) is 13.2 Å². The molecule has 0 fully saturated rings. The molecule has 2 N–H and O–H groups in total. The number of fused-ring (bicyclic) bond motifs is 1. The Kier molecular flexibility index (Phi) is 9.91. The van der Waals surface area contributed by atoms with E-state index in [0.717, 1.165) is 42.1 Å². The second-order valence-electron chi connectivity index (χ2n) is 7.33. The Bertz CT molecular complexity index is 1060. The molecule has 0 saturated heterocycles. The van der Waals surface area contributed by atoms with E-state index in [1.54, 1.807) is 0 Å². The number of rotatable bonds is 8. The summed E-state index contributed by atoms with van der Waals surface area (Å²) in [6, 6.07) is 12.6. The van der Waals surface area contributed by atoms with Crippen LogP contribution in [0.15, 0.2) is 47.5 Å². The molecule has 2 heterocycles. The van der Waals surface area contributed by atoms with Crippen molar-refractivity contribution >= 4 is 40.8 Å². The molecule has 1 atom stereocenters. The summed E-state index contributed by atoms with van der Waals surface area (Å²) in [5, 5.41) is 12.0. The highest BCUT2D eigenvalue weighted by Gasteiger charge is 2.38. The van der Waals surface area contributed by atoms with Crippen molar-refractivity contribution < 1.29 is 23.1 Å². The highest BCUT2D eigenvalue weighted by molar-refractivity contribution is 7.99. The number of anilines is 1. The number of carboxylic acid groups (broad SMARTS) is 1. The molecule has 0 saturated carbocycles. The van der Waals surface area contributed by atoms with Crippen LogP contribution >= 0.6 is 23.4 Å². The van der Waals surface area contributed by atoms with E-state index in [0.29, 0.717) is 10.3 Å². The fourth-order valence-electron chi connectivity index (χ4n) is 2.78. The third-order valence-corrected chi connectivity index (χ3v) is 6.19. The number of unbranched alkanes of at least 4 members (excludes halogenated alkanes) is 1. The Morgan fingerprint density at radius 1 is 1.21 bits per heavy atom. The molecule has 0 amide bonds. The number of pyridine rings is 1. The summed E-state index contributed by atoms with van der Waals surface area (Å²) < 4.78 is 33.8. The Morgan fingerprint density at radius 3 is 2.39 bits per heavy atom. The number of aromatic nitrogens is 2. The van der Waals surface area contributed by atoms with Crippen molar-refractivity contribution in [3.8, 4) is 11.3 Å². The van der Waals surface area contributed by atoms with Crippen molar-refractivity contribution in [3.63, 3.8) is 0 Å². The van der Waals surface area contributed by atoms with E-state index < -0.39 is 12.1 Å². The minimum atomic E-state index is -5.08. The fraction of sp³-hybridized carbons (Fsp3) is 0.391. The quantitative estimate of drug-likeness (QED) is 0.249. The van der Waals surface area contributed by atoms with E-state index in [1.165, 1.54) is 11.3 Å². The SMILES string of the molecule is CCCCNc1c(-c2ccc(SC(C)CC)cc2)nc2ccc(Cl)cn12.O=C(O)C(F)(F)F. The number of carboxylic acids is 1. The molecule has 1 aromatic carbocycles. The highest BCUT2D eigenvalue weighted by atomic mass is 35.5. The summed E-state index contributed by atoms with van der Waals surface area (Å²) in [6.45, 7) is 7.61. The van der Waals surface area contributed by atoms with E-state index in [-0.39, 0.29) is 0 Å². The Labute approximate surface area is 200 Å². The van der Waals surface area contributed by atoms with Crippen LogP contribution in [0.5, 0.6) is 0 Å². The standard InChI is InChI=1S/C21H26ClN3S.C2HF3O2/c1-4-6-13-23-21-20(24-19-12-9-17(22)14-25(19)21)16-7-10-18(11-8-16)26-15(3)5-2;3-2(4,5)1(6)7/h7-12,14-15,23H,4-6,13H2,1-3H3;(H,6,7). The van der Waals surface area contributed by atoms with Crippen molar-refractivity contribution in [2.45, 2.75) is 56.4 Å². The lowest BCUT2D eigenvalue weighted by molar-refractivity contribution is -0.192. The van der Waals surface area contributed by atoms with Crippen LogP contribution in [0.4, 0.5) is 19.0 Å². The minimum Gasteiger partial charge on any atom is -0.475 e. The van der Waals surface area contributed by atoms with Crippen LogP contribution in [0.25, 0.3) is 16.9 Å². The maximum Gasteiger partial charge on any atom is 0.490 e. The van der Waals surface area contributed by atoms with Gasteiger partial charge in [0, 0.05) is 28.5 Å². The topological polar surface area (TPSA) is 66.6 Å². The average Bonchev–Trinajstić information content (AvgIpc) is 3.12. The van der Waals surface area contributed by atoms with Crippen LogP contribution in [0.3, 0.4) is 0 Å². The Morgan fingerprint density at radius 2 is 1.85 bits per heavy atom. The van der Waals surface area contributed by atoms with Crippen LogP contribution in [0.2, 0.25) is 5.02 Å². The minimum absolute atomic E-state index is 0.629. The average molecular weight is 502 g/mol. The number of imidazole rings is 1. The number of hydrogen-bond acceptors (Lipinski definition) is 4. The molecule has 0 spiro atoms. The molecular weight excluding hydrogens is 475 g/mol.